The minimum absolute atomic E-state index is 0.103. The largest absolute Gasteiger partial charge is 0.463 e. The molecular weight excluding hydrogens is 393 g/mol. The van der Waals surface area contributed by atoms with Crippen LogP contribution < -0.4 is 4.90 Å². The molecule has 0 radical (unpaired) electrons. The predicted molar refractivity (Wildman–Crippen MR) is 121 cm³/mol. The second kappa shape index (κ2) is 9.90. The van der Waals surface area contributed by atoms with Gasteiger partial charge in [0.05, 0.1) is 6.61 Å². The Kier molecular flexibility index (Phi) is 7.26. The van der Waals surface area contributed by atoms with E-state index in [2.05, 4.69) is 0 Å². The van der Waals surface area contributed by atoms with Crippen LogP contribution in [0.4, 0.5) is 10.1 Å². The molecule has 1 amide bonds. The summed E-state index contributed by atoms with van der Waals surface area (Å²) < 4.78 is 19.1. The first-order chi connectivity index (χ1) is 14.8. The van der Waals surface area contributed by atoms with Gasteiger partial charge in [0.1, 0.15) is 5.82 Å². The zero-order valence-electron chi connectivity index (χ0n) is 18.7. The Labute approximate surface area is 183 Å². The molecule has 1 aliphatic heterocycles. The first-order valence-electron chi connectivity index (χ1n) is 10.8. The molecule has 0 spiro atoms. The summed E-state index contributed by atoms with van der Waals surface area (Å²) in [5, 5.41) is 0. The van der Waals surface area contributed by atoms with Gasteiger partial charge in [-0.05, 0) is 86.1 Å². The van der Waals surface area contributed by atoms with Gasteiger partial charge < -0.3 is 9.64 Å². The molecule has 31 heavy (non-hydrogen) atoms. The van der Waals surface area contributed by atoms with Crippen LogP contribution in [0.5, 0.6) is 0 Å². The lowest BCUT2D eigenvalue weighted by Gasteiger charge is -2.38. The van der Waals surface area contributed by atoms with Crippen LogP contribution in [-0.4, -0.2) is 25.0 Å². The van der Waals surface area contributed by atoms with E-state index in [1.54, 1.807) is 19.1 Å². The van der Waals surface area contributed by atoms with Crippen molar-refractivity contribution < 1.29 is 18.7 Å². The molecule has 164 valence electrons. The summed E-state index contributed by atoms with van der Waals surface area (Å²) in [5.74, 6) is -0.396. The Hall–Kier alpha value is -2.95. The summed E-state index contributed by atoms with van der Waals surface area (Å²) in [5.41, 5.74) is 4.42. The van der Waals surface area contributed by atoms with E-state index in [1.165, 1.54) is 12.1 Å². The molecule has 2 aromatic carbocycles. The average molecular weight is 424 g/mol. The van der Waals surface area contributed by atoms with Crippen LogP contribution >= 0.6 is 0 Å². The molecule has 3 rings (SSSR count). The SMILES string of the molecule is CCOC(=O)/C=C/c1cc(C)c(N2C[C@@H](Cc3ccccc3F)C[C@@H](C)C2=O)c(C)c1. The fourth-order valence-corrected chi connectivity index (χ4v) is 4.48. The molecule has 0 N–H and O–H groups in total. The predicted octanol–water partition coefficient (Wildman–Crippen LogP) is 5.25. The zero-order valence-corrected chi connectivity index (χ0v) is 18.7. The van der Waals surface area contributed by atoms with Crippen LogP contribution in [0.25, 0.3) is 6.08 Å². The van der Waals surface area contributed by atoms with E-state index in [0.29, 0.717) is 25.1 Å². The highest BCUT2D eigenvalue weighted by atomic mass is 19.1. The van der Waals surface area contributed by atoms with E-state index in [1.807, 2.05) is 49.9 Å². The topological polar surface area (TPSA) is 46.6 Å². The first-order valence-corrected chi connectivity index (χ1v) is 10.8. The fourth-order valence-electron chi connectivity index (χ4n) is 4.48. The zero-order chi connectivity index (χ0) is 22.5. The highest BCUT2D eigenvalue weighted by Crippen LogP contribution is 2.34. The smallest absolute Gasteiger partial charge is 0.330 e. The molecule has 1 aliphatic rings. The maximum atomic E-state index is 14.2. The molecule has 0 aliphatic carbocycles. The third-order valence-electron chi connectivity index (χ3n) is 5.76. The second-order valence-corrected chi connectivity index (χ2v) is 8.34. The molecule has 1 heterocycles. The minimum Gasteiger partial charge on any atom is -0.463 e. The number of carbonyl (C=O) groups excluding carboxylic acids is 2. The van der Waals surface area contributed by atoms with Crippen molar-refractivity contribution in [2.45, 2.75) is 40.5 Å². The van der Waals surface area contributed by atoms with E-state index in [0.717, 1.165) is 28.8 Å². The highest BCUT2D eigenvalue weighted by molar-refractivity contribution is 5.97. The number of amides is 1. The van der Waals surface area contributed by atoms with Gasteiger partial charge in [-0.3, -0.25) is 4.79 Å². The Morgan fingerprint density at radius 3 is 2.55 bits per heavy atom. The minimum atomic E-state index is -0.377. The number of hydrogen-bond acceptors (Lipinski definition) is 3. The number of halogens is 1. The highest BCUT2D eigenvalue weighted by Gasteiger charge is 2.34. The van der Waals surface area contributed by atoms with Crippen molar-refractivity contribution >= 4 is 23.6 Å². The van der Waals surface area contributed by atoms with E-state index >= 15 is 0 Å². The Morgan fingerprint density at radius 1 is 1.23 bits per heavy atom. The number of anilines is 1. The molecule has 0 saturated carbocycles. The first kappa shape index (κ1) is 22.7. The van der Waals surface area contributed by atoms with Crippen LogP contribution in [0.2, 0.25) is 0 Å². The summed E-state index contributed by atoms with van der Waals surface area (Å²) in [6.45, 7) is 8.57. The van der Waals surface area contributed by atoms with Crippen molar-refractivity contribution in [3.05, 3.63) is 70.5 Å². The Morgan fingerprint density at radius 2 is 1.90 bits per heavy atom. The van der Waals surface area contributed by atoms with Crippen LogP contribution in [-0.2, 0) is 20.7 Å². The fraction of sp³-hybridized carbons (Fsp3) is 0.385. The molecule has 2 aromatic rings. The Bertz CT molecular complexity index is 975. The number of ether oxygens (including phenoxy) is 1. The molecular formula is C26H30FNO3. The number of nitrogens with zero attached hydrogens (tertiary/aromatic N) is 1. The van der Waals surface area contributed by atoms with E-state index in [4.69, 9.17) is 4.74 Å². The van der Waals surface area contributed by atoms with Gasteiger partial charge in [-0.15, -0.1) is 0 Å². The van der Waals surface area contributed by atoms with E-state index in [9.17, 15) is 14.0 Å². The lowest BCUT2D eigenvalue weighted by molar-refractivity contribution is -0.137. The monoisotopic (exact) mass is 423 g/mol. The lowest BCUT2D eigenvalue weighted by Crippen LogP contribution is -2.46. The molecule has 1 saturated heterocycles. The van der Waals surface area contributed by atoms with Gasteiger partial charge in [0, 0.05) is 24.2 Å². The number of carbonyl (C=O) groups is 2. The summed E-state index contributed by atoms with van der Waals surface area (Å²) in [6, 6.07) is 10.8. The van der Waals surface area contributed by atoms with Crippen LogP contribution in [0.15, 0.2) is 42.5 Å². The van der Waals surface area contributed by atoms with Gasteiger partial charge in [0.25, 0.3) is 0 Å². The molecule has 4 nitrogen and oxygen atoms in total. The molecule has 0 aromatic heterocycles. The molecule has 0 unspecified atom stereocenters. The number of benzene rings is 2. The van der Waals surface area contributed by atoms with E-state index in [-0.39, 0.29) is 29.5 Å². The van der Waals surface area contributed by atoms with Crippen LogP contribution in [0.1, 0.15) is 42.5 Å². The van der Waals surface area contributed by atoms with Gasteiger partial charge in [-0.2, -0.15) is 0 Å². The maximum absolute atomic E-state index is 14.2. The second-order valence-electron chi connectivity index (χ2n) is 8.34. The maximum Gasteiger partial charge on any atom is 0.330 e. The Balaban J connectivity index is 1.85. The number of esters is 1. The standard InChI is InChI=1S/C26H30FNO3/c1-5-31-24(29)11-10-20-12-17(2)25(18(3)13-20)28-16-21(14-19(4)26(28)30)15-22-8-6-7-9-23(22)27/h6-13,19,21H,5,14-16H2,1-4H3/b11-10+/t19-,21-/m1/s1. The average Bonchev–Trinajstić information content (AvgIpc) is 2.71. The van der Waals surface area contributed by atoms with Crippen molar-refractivity contribution in [1.29, 1.82) is 0 Å². The number of aryl methyl sites for hydroxylation is 2. The number of piperidine rings is 1. The van der Waals surface area contributed by atoms with Gasteiger partial charge in [-0.1, -0.05) is 25.1 Å². The third kappa shape index (κ3) is 5.40. The number of hydrogen-bond donors (Lipinski definition) is 0. The molecule has 0 bridgehead atoms. The van der Waals surface area contributed by atoms with Crippen molar-refractivity contribution in [1.82, 2.24) is 0 Å². The van der Waals surface area contributed by atoms with Gasteiger partial charge >= 0.3 is 5.97 Å². The summed E-state index contributed by atoms with van der Waals surface area (Å²) in [7, 11) is 0. The van der Waals surface area contributed by atoms with Crippen molar-refractivity contribution in [2.75, 3.05) is 18.1 Å². The summed E-state index contributed by atoms with van der Waals surface area (Å²) in [6.07, 6.45) is 4.50. The molecule has 5 heteroatoms. The van der Waals surface area contributed by atoms with Crippen molar-refractivity contribution in [2.24, 2.45) is 11.8 Å². The normalized spacial score (nSPS) is 19.1. The van der Waals surface area contributed by atoms with Gasteiger partial charge in [0.2, 0.25) is 5.91 Å². The molecule has 1 fully saturated rings. The van der Waals surface area contributed by atoms with Crippen molar-refractivity contribution in [3.8, 4) is 0 Å². The van der Waals surface area contributed by atoms with Gasteiger partial charge in [-0.25, -0.2) is 9.18 Å². The number of rotatable bonds is 6. The van der Waals surface area contributed by atoms with E-state index < -0.39 is 0 Å². The van der Waals surface area contributed by atoms with Crippen LogP contribution in [0, 0.1) is 31.5 Å². The van der Waals surface area contributed by atoms with Crippen molar-refractivity contribution in [3.63, 3.8) is 0 Å². The molecule has 2 atom stereocenters. The third-order valence-corrected chi connectivity index (χ3v) is 5.76. The van der Waals surface area contributed by atoms with Gasteiger partial charge in [0.15, 0.2) is 0 Å². The van der Waals surface area contributed by atoms with Crippen LogP contribution in [0.3, 0.4) is 0 Å². The lowest BCUT2D eigenvalue weighted by atomic mass is 9.84. The quantitative estimate of drug-likeness (QED) is 0.471. The summed E-state index contributed by atoms with van der Waals surface area (Å²) >= 11 is 0. The summed E-state index contributed by atoms with van der Waals surface area (Å²) in [4.78, 5) is 26.5.